The summed E-state index contributed by atoms with van der Waals surface area (Å²) in [6, 6.07) is 9.47. The van der Waals surface area contributed by atoms with Gasteiger partial charge in [0.2, 0.25) is 15.9 Å². The van der Waals surface area contributed by atoms with Crippen LogP contribution in [-0.4, -0.2) is 31.2 Å². The molecule has 5 nitrogen and oxygen atoms in total. The van der Waals surface area contributed by atoms with Gasteiger partial charge in [0.15, 0.2) is 0 Å². The lowest BCUT2D eigenvalue weighted by Gasteiger charge is -2.23. The van der Waals surface area contributed by atoms with E-state index in [9.17, 15) is 26.4 Å². The minimum absolute atomic E-state index is 0.104. The van der Waals surface area contributed by atoms with Crippen molar-refractivity contribution in [1.82, 2.24) is 4.31 Å². The van der Waals surface area contributed by atoms with Gasteiger partial charge in [0.1, 0.15) is 6.04 Å². The summed E-state index contributed by atoms with van der Waals surface area (Å²) in [5.74, 6) is -0.562. The summed E-state index contributed by atoms with van der Waals surface area (Å²) in [6.07, 6.45) is -3.60. The number of rotatable bonds is 4. The fourth-order valence-electron chi connectivity index (χ4n) is 3.10. The summed E-state index contributed by atoms with van der Waals surface area (Å²) in [5, 5.41) is 2.51. The molecule has 0 saturated carbocycles. The molecule has 28 heavy (non-hydrogen) atoms. The number of sulfonamides is 1. The summed E-state index contributed by atoms with van der Waals surface area (Å²) in [7, 11) is -3.84. The summed E-state index contributed by atoms with van der Waals surface area (Å²) in [6.45, 7) is 2.05. The topological polar surface area (TPSA) is 66.5 Å². The Labute approximate surface area is 161 Å². The summed E-state index contributed by atoms with van der Waals surface area (Å²) >= 11 is 0. The quantitative estimate of drug-likeness (QED) is 0.831. The molecular weight excluding hydrogens is 393 g/mol. The van der Waals surface area contributed by atoms with Crippen molar-refractivity contribution in [3.8, 4) is 0 Å². The minimum Gasteiger partial charge on any atom is -0.325 e. The molecule has 9 heteroatoms. The number of nitrogens with one attached hydrogen (secondary N) is 1. The van der Waals surface area contributed by atoms with Gasteiger partial charge in [0.25, 0.3) is 0 Å². The van der Waals surface area contributed by atoms with Crippen LogP contribution in [0.4, 0.5) is 18.9 Å². The molecule has 2 aromatic carbocycles. The van der Waals surface area contributed by atoms with Crippen LogP contribution in [0, 0.1) is 6.92 Å². The Morgan fingerprint density at radius 1 is 1.07 bits per heavy atom. The lowest BCUT2D eigenvalue weighted by molar-refractivity contribution is -0.137. The van der Waals surface area contributed by atoms with Crippen molar-refractivity contribution in [2.24, 2.45) is 0 Å². The van der Waals surface area contributed by atoms with E-state index in [1.807, 2.05) is 6.92 Å². The van der Waals surface area contributed by atoms with E-state index in [2.05, 4.69) is 5.32 Å². The second kappa shape index (κ2) is 7.56. The van der Waals surface area contributed by atoms with Gasteiger partial charge in [-0.05, 0) is 56.2 Å². The number of carbonyl (C=O) groups excluding carboxylic acids is 1. The highest BCUT2D eigenvalue weighted by Crippen LogP contribution is 2.30. The number of carbonyl (C=O) groups is 1. The van der Waals surface area contributed by atoms with E-state index in [4.69, 9.17) is 0 Å². The Morgan fingerprint density at radius 3 is 2.25 bits per heavy atom. The Bertz CT molecular complexity index is 955. The van der Waals surface area contributed by atoms with Crippen LogP contribution in [0.25, 0.3) is 0 Å². The van der Waals surface area contributed by atoms with Crippen LogP contribution < -0.4 is 5.32 Å². The SMILES string of the molecule is Cc1ccc(S(=O)(=O)N2CCC[C@H]2C(=O)Nc2ccc(C(F)(F)F)cc2)cc1. The largest absolute Gasteiger partial charge is 0.416 e. The first-order valence-electron chi connectivity index (χ1n) is 8.66. The summed E-state index contributed by atoms with van der Waals surface area (Å²) in [5.41, 5.74) is 0.268. The number of halogens is 3. The van der Waals surface area contributed by atoms with Crippen molar-refractivity contribution in [3.05, 3.63) is 59.7 Å². The van der Waals surface area contributed by atoms with E-state index in [1.165, 1.54) is 12.1 Å². The summed E-state index contributed by atoms with van der Waals surface area (Å²) < 4.78 is 64.8. The van der Waals surface area contributed by atoms with Crippen molar-refractivity contribution in [1.29, 1.82) is 0 Å². The zero-order valence-electron chi connectivity index (χ0n) is 15.0. The van der Waals surface area contributed by atoms with Crippen LogP contribution in [0.2, 0.25) is 0 Å². The molecule has 150 valence electrons. The number of hydrogen-bond donors (Lipinski definition) is 1. The molecule has 2 aromatic rings. The number of benzene rings is 2. The molecule has 0 bridgehead atoms. The Hall–Kier alpha value is -2.39. The van der Waals surface area contributed by atoms with E-state index in [1.54, 1.807) is 12.1 Å². The highest BCUT2D eigenvalue weighted by atomic mass is 32.2. The maximum absolute atomic E-state index is 12.9. The zero-order valence-corrected chi connectivity index (χ0v) is 15.8. The second-order valence-electron chi connectivity index (χ2n) is 6.65. The third kappa shape index (κ3) is 4.20. The van der Waals surface area contributed by atoms with Gasteiger partial charge >= 0.3 is 6.18 Å². The first-order chi connectivity index (χ1) is 13.1. The smallest absolute Gasteiger partial charge is 0.325 e. The molecule has 1 heterocycles. The van der Waals surface area contributed by atoms with Crippen molar-refractivity contribution >= 4 is 21.6 Å². The first-order valence-corrected chi connectivity index (χ1v) is 10.1. The highest BCUT2D eigenvalue weighted by molar-refractivity contribution is 7.89. The van der Waals surface area contributed by atoms with Crippen LogP contribution in [0.15, 0.2) is 53.4 Å². The van der Waals surface area contributed by atoms with Crippen LogP contribution in [0.5, 0.6) is 0 Å². The van der Waals surface area contributed by atoms with Crippen LogP contribution in [-0.2, 0) is 21.0 Å². The molecule has 0 aromatic heterocycles. The molecule has 3 rings (SSSR count). The number of aryl methyl sites for hydroxylation is 1. The third-order valence-corrected chi connectivity index (χ3v) is 6.54. The normalized spacial score (nSPS) is 18.2. The molecule has 0 radical (unpaired) electrons. The van der Waals surface area contributed by atoms with Crippen LogP contribution in [0.1, 0.15) is 24.0 Å². The van der Waals surface area contributed by atoms with Crippen LogP contribution in [0.3, 0.4) is 0 Å². The molecular formula is C19H19F3N2O3S. The van der Waals surface area contributed by atoms with Crippen molar-refractivity contribution in [2.45, 2.75) is 36.9 Å². The molecule has 0 aliphatic carbocycles. The number of alkyl halides is 3. The van der Waals surface area contributed by atoms with Crippen LogP contribution >= 0.6 is 0 Å². The average Bonchev–Trinajstić information content (AvgIpc) is 3.12. The monoisotopic (exact) mass is 412 g/mol. The average molecular weight is 412 g/mol. The Balaban J connectivity index is 1.77. The lowest BCUT2D eigenvalue weighted by atomic mass is 10.2. The van der Waals surface area contributed by atoms with Gasteiger partial charge in [-0.25, -0.2) is 8.42 Å². The Kier molecular flexibility index (Phi) is 5.49. The maximum atomic E-state index is 12.9. The highest BCUT2D eigenvalue weighted by Gasteiger charge is 2.39. The third-order valence-electron chi connectivity index (χ3n) is 4.61. The second-order valence-corrected chi connectivity index (χ2v) is 8.54. The molecule has 0 unspecified atom stereocenters. The number of anilines is 1. The fourth-order valence-corrected chi connectivity index (χ4v) is 4.76. The first kappa shape index (κ1) is 20.3. The van der Waals surface area contributed by atoms with Crippen molar-refractivity contribution < 1.29 is 26.4 Å². The maximum Gasteiger partial charge on any atom is 0.416 e. The molecule has 1 aliphatic rings. The van der Waals surface area contributed by atoms with E-state index >= 15 is 0 Å². The van der Waals surface area contributed by atoms with Crippen molar-refractivity contribution in [3.63, 3.8) is 0 Å². The number of amides is 1. The van der Waals surface area contributed by atoms with Crippen molar-refractivity contribution in [2.75, 3.05) is 11.9 Å². The van der Waals surface area contributed by atoms with Gasteiger partial charge in [-0.15, -0.1) is 0 Å². The van der Waals surface area contributed by atoms with Gasteiger partial charge in [0, 0.05) is 12.2 Å². The molecule has 1 N–H and O–H groups in total. The fraction of sp³-hybridized carbons (Fsp3) is 0.316. The van der Waals surface area contributed by atoms with E-state index in [0.717, 1.165) is 34.1 Å². The number of nitrogens with zero attached hydrogens (tertiary/aromatic N) is 1. The van der Waals surface area contributed by atoms with Gasteiger partial charge < -0.3 is 5.32 Å². The van der Waals surface area contributed by atoms with Gasteiger partial charge in [-0.1, -0.05) is 17.7 Å². The number of hydrogen-bond acceptors (Lipinski definition) is 3. The zero-order chi connectivity index (χ0) is 20.5. The van der Waals surface area contributed by atoms with Gasteiger partial charge in [0.05, 0.1) is 10.5 Å². The van der Waals surface area contributed by atoms with Gasteiger partial charge in [-0.2, -0.15) is 17.5 Å². The predicted octanol–water partition coefficient (Wildman–Crippen LogP) is 3.81. The van der Waals surface area contributed by atoms with E-state index in [-0.39, 0.29) is 17.1 Å². The Morgan fingerprint density at radius 2 is 1.68 bits per heavy atom. The molecule has 1 atom stereocenters. The lowest BCUT2D eigenvalue weighted by Crippen LogP contribution is -2.43. The molecule has 0 spiro atoms. The van der Waals surface area contributed by atoms with E-state index < -0.39 is 33.7 Å². The standard InChI is InChI=1S/C19H19F3N2O3S/c1-13-4-10-16(11-5-13)28(26,27)24-12-2-3-17(24)18(25)23-15-8-6-14(7-9-15)19(20,21)22/h4-11,17H,2-3,12H2,1H3,(H,23,25)/t17-/m0/s1. The minimum atomic E-state index is -4.47. The predicted molar refractivity (Wildman–Crippen MR) is 98.2 cm³/mol. The molecule has 1 saturated heterocycles. The molecule has 1 fully saturated rings. The molecule has 1 aliphatic heterocycles. The molecule has 1 amide bonds. The van der Waals surface area contributed by atoms with E-state index in [0.29, 0.717) is 12.8 Å². The van der Waals surface area contributed by atoms with Gasteiger partial charge in [-0.3, -0.25) is 4.79 Å². The summed E-state index contributed by atoms with van der Waals surface area (Å²) in [4.78, 5) is 12.7.